The Kier molecular flexibility index (Phi) is 5.10. The summed E-state index contributed by atoms with van der Waals surface area (Å²) in [4.78, 5) is 26.5. The number of nitrogens with zero attached hydrogens (tertiary/aromatic N) is 2. The van der Waals surface area contributed by atoms with E-state index >= 15 is 0 Å². The van der Waals surface area contributed by atoms with Crippen LogP contribution < -0.4 is 5.48 Å². The van der Waals surface area contributed by atoms with Gasteiger partial charge in [0.1, 0.15) is 5.69 Å². The van der Waals surface area contributed by atoms with E-state index in [2.05, 4.69) is 0 Å². The third kappa shape index (κ3) is 3.49. The van der Waals surface area contributed by atoms with Gasteiger partial charge in [0.25, 0.3) is 11.8 Å². The van der Waals surface area contributed by atoms with E-state index in [0.29, 0.717) is 44.1 Å². The lowest BCUT2D eigenvalue weighted by atomic mass is 10.1. The molecule has 0 aliphatic carbocycles. The van der Waals surface area contributed by atoms with Crippen LogP contribution in [0.2, 0.25) is 0 Å². The van der Waals surface area contributed by atoms with Gasteiger partial charge >= 0.3 is 0 Å². The van der Waals surface area contributed by atoms with E-state index in [0.717, 1.165) is 16.5 Å². The van der Waals surface area contributed by atoms with E-state index < -0.39 is 5.91 Å². The molecule has 0 radical (unpaired) electrons. The molecule has 0 spiro atoms. The highest BCUT2D eigenvalue weighted by molar-refractivity contribution is 5.99. The lowest BCUT2D eigenvalue weighted by Gasteiger charge is -2.27. The zero-order chi connectivity index (χ0) is 19.5. The molecule has 2 heterocycles. The number of ether oxygens (including phenoxy) is 1. The van der Waals surface area contributed by atoms with Gasteiger partial charge in [-0.05, 0) is 29.8 Å². The summed E-state index contributed by atoms with van der Waals surface area (Å²) >= 11 is 0. The largest absolute Gasteiger partial charge is 0.378 e. The molecule has 144 valence electrons. The molecular formula is C21H21N3O4. The van der Waals surface area contributed by atoms with Gasteiger partial charge in [-0.2, -0.15) is 0 Å². The zero-order valence-corrected chi connectivity index (χ0v) is 15.3. The molecule has 7 heteroatoms. The Morgan fingerprint density at radius 1 is 1.04 bits per heavy atom. The Balaban J connectivity index is 1.69. The number of fused-ring (bicyclic) bond motifs is 1. The lowest BCUT2D eigenvalue weighted by Crippen LogP contribution is -2.41. The van der Waals surface area contributed by atoms with Crippen LogP contribution in [0.15, 0.2) is 54.6 Å². The number of benzene rings is 2. The van der Waals surface area contributed by atoms with Gasteiger partial charge < -0.3 is 14.2 Å². The molecular weight excluding hydrogens is 358 g/mol. The smallest absolute Gasteiger partial charge is 0.274 e. The van der Waals surface area contributed by atoms with Crippen molar-refractivity contribution >= 4 is 22.7 Å². The molecule has 1 saturated heterocycles. The van der Waals surface area contributed by atoms with Crippen molar-refractivity contribution in [3.05, 3.63) is 71.4 Å². The third-order valence-electron chi connectivity index (χ3n) is 4.99. The van der Waals surface area contributed by atoms with Crippen LogP contribution >= 0.6 is 0 Å². The predicted octanol–water partition coefficient (Wildman–Crippen LogP) is 2.28. The fourth-order valence-corrected chi connectivity index (χ4v) is 3.50. The van der Waals surface area contributed by atoms with Crippen LogP contribution in [-0.2, 0) is 11.3 Å². The highest BCUT2D eigenvalue weighted by atomic mass is 16.5. The average molecular weight is 379 g/mol. The van der Waals surface area contributed by atoms with Gasteiger partial charge in [-0.1, -0.05) is 30.3 Å². The van der Waals surface area contributed by atoms with Gasteiger partial charge in [-0.15, -0.1) is 0 Å². The summed E-state index contributed by atoms with van der Waals surface area (Å²) < 4.78 is 7.37. The molecule has 1 aliphatic heterocycles. The van der Waals surface area contributed by atoms with Crippen LogP contribution in [0, 0.1) is 0 Å². The minimum atomic E-state index is -0.554. The molecule has 0 atom stereocenters. The Bertz CT molecular complexity index is 1000. The van der Waals surface area contributed by atoms with Gasteiger partial charge in [0.2, 0.25) is 0 Å². The van der Waals surface area contributed by atoms with E-state index in [1.807, 2.05) is 51.9 Å². The number of carbonyl (C=O) groups is 2. The highest BCUT2D eigenvalue weighted by Crippen LogP contribution is 2.23. The Morgan fingerprint density at radius 3 is 2.46 bits per heavy atom. The molecule has 4 rings (SSSR count). The van der Waals surface area contributed by atoms with Gasteiger partial charge in [0.05, 0.1) is 13.2 Å². The van der Waals surface area contributed by atoms with Crippen LogP contribution in [0.4, 0.5) is 0 Å². The van der Waals surface area contributed by atoms with Gasteiger partial charge in [0.15, 0.2) is 0 Å². The quantitative estimate of drug-likeness (QED) is 0.538. The molecule has 2 N–H and O–H groups in total. The highest BCUT2D eigenvalue weighted by Gasteiger charge is 2.23. The van der Waals surface area contributed by atoms with E-state index in [-0.39, 0.29) is 5.91 Å². The molecule has 7 nitrogen and oxygen atoms in total. The molecule has 0 unspecified atom stereocenters. The Morgan fingerprint density at radius 2 is 1.75 bits per heavy atom. The number of nitrogens with one attached hydrogen (secondary N) is 1. The van der Waals surface area contributed by atoms with Crippen LogP contribution in [-0.4, -0.2) is 52.8 Å². The number of hydrogen-bond donors (Lipinski definition) is 2. The molecule has 3 aromatic rings. The van der Waals surface area contributed by atoms with Crippen molar-refractivity contribution in [2.45, 2.75) is 6.54 Å². The number of hydrogen-bond acceptors (Lipinski definition) is 4. The minimum Gasteiger partial charge on any atom is -0.378 e. The second-order valence-electron chi connectivity index (χ2n) is 6.72. The SMILES string of the molecule is O=C(NO)c1ccc(Cn2c(C(=O)N3CCOCC3)cc3ccccc32)cc1. The van der Waals surface area contributed by atoms with Gasteiger partial charge in [0, 0.05) is 36.1 Å². The number of para-hydroxylation sites is 1. The second-order valence-corrected chi connectivity index (χ2v) is 6.72. The normalized spacial score (nSPS) is 14.2. The van der Waals surface area contributed by atoms with Crippen molar-refractivity contribution in [2.24, 2.45) is 0 Å². The topological polar surface area (TPSA) is 83.8 Å². The molecule has 1 aliphatic rings. The summed E-state index contributed by atoms with van der Waals surface area (Å²) in [7, 11) is 0. The molecule has 1 aromatic heterocycles. The average Bonchev–Trinajstić information content (AvgIpc) is 3.12. The molecule has 1 fully saturated rings. The van der Waals surface area contributed by atoms with Crippen molar-refractivity contribution in [1.82, 2.24) is 14.9 Å². The van der Waals surface area contributed by atoms with Gasteiger partial charge in [-0.3, -0.25) is 14.8 Å². The fourth-order valence-electron chi connectivity index (χ4n) is 3.50. The number of aromatic nitrogens is 1. The van der Waals surface area contributed by atoms with E-state index in [1.54, 1.807) is 17.6 Å². The molecule has 0 saturated carbocycles. The van der Waals surface area contributed by atoms with E-state index in [4.69, 9.17) is 9.94 Å². The third-order valence-corrected chi connectivity index (χ3v) is 4.99. The number of morpholine rings is 1. The fraction of sp³-hybridized carbons (Fsp3) is 0.238. The van der Waals surface area contributed by atoms with Crippen molar-refractivity contribution in [3.8, 4) is 0 Å². The Labute approximate surface area is 162 Å². The van der Waals surface area contributed by atoms with Crippen molar-refractivity contribution in [2.75, 3.05) is 26.3 Å². The lowest BCUT2D eigenvalue weighted by molar-refractivity contribution is 0.0296. The minimum absolute atomic E-state index is 0.00391. The number of carbonyl (C=O) groups excluding carboxylic acids is 2. The van der Waals surface area contributed by atoms with Crippen molar-refractivity contribution < 1.29 is 19.5 Å². The van der Waals surface area contributed by atoms with Crippen LogP contribution in [0.3, 0.4) is 0 Å². The van der Waals surface area contributed by atoms with Gasteiger partial charge in [-0.25, -0.2) is 5.48 Å². The number of hydroxylamine groups is 1. The second kappa shape index (κ2) is 7.84. The molecule has 0 bridgehead atoms. The first kappa shape index (κ1) is 18.2. The summed E-state index contributed by atoms with van der Waals surface area (Å²) in [5, 5.41) is 9.76. The van der Waals surface area contributed by atoms with Crippen molar-refractivity contribution in [3.63, 3.8) is 0 Å². The maximum absolute atomic E-state index is 13.1. The Hall–Kier alpha value is -3.16. The summed E-state index contributed by atoms with van der Waals surface area (Å²) in [5.41, 5.74) is 4.57. The zero-order valence-electron chi connectivity index (χ0n) is 15.3. The van der Waals surface area contributed by atoms with Crippen LogP contribution in [0.5, 0.6) is 0 Å². The molecule has 2 amide bonds. The number of rotatable bonds is 4. The van der Waals surface area contributed by atoms with Crippen LogP contribution in [0.1, 0.15) is 26.4 Å². The van der Waals surface area contributed by atoms with E-state index in [1.165, 1.54) is 0 Å². The first-order valence-corrected chi connectivity index (χ1v) is 9.16. The molecule has 28 heavy (non-hydrogen) atoms. The summed E-state index contributed by atoms with van der Waals surface area (Å²) in [5.74, 6) is -0.558. The number of amides is 2. The predicted molar refractivity (Wildman–Crippen MR) is 103 cm³/mol. The summed E-state index contributed by atoms with van der Waals surface area (Å²) in [6.45, 7) is 2.79. The maximum atomic E-state index is 13.1. The van der Waals surface area contributed by atoms with Crippen LogP contribution in [0.25, 0.3) is 10.9 Å². The standard InChI is InChI=1S/C21H21N3O4/c25-20(22-27)16-7-5-15(6-8-16)14-24-18-4-2-1-3-17(18)13-19(24)21(26)23-9-11-28-12-10-23/h1-8,13,27H,9-12,14H2,(H,22,25). The maximum Gasteiger partial charge on any atom is 0.274 e. The van der Waals surface area contributed by atoms with E-state index in [9.17, 15) is 9.59 Å². The van der Waals surface area contributed by atoms with Crippen molar-refractivity contribution in [1.29, 1.82) is 0 Å². The monoisotopic (exact) mass is 379 g/mol. The summed E-state index contributed by atoms with van der Waals surface area (Å²) in [6, 6.07) is 16.8. The summed E-state index contributed by atoms with van der Waals surface area (Å²) in [6.07, 6.45) is 0. The first-order chi connectivity index (χ1) is 13.7. The molecule has 2 aromatic carbocycles. The first-order valence-electron chi connectivity index (χ1n) is 9.16.